The first kappa shape index (κ1) is 10.9. The molecule has 0 aromatic carbocycles. The molecular weight excluding hydrogens is 200 g/mol. The van der Waals surface area contributed by atoms with E-state index in [0.29, 0.717) is 5.69 Å². The van der Waals surface area contributed by atoms with Gasteiger partial charge in [0.1, 0.15) is 11.4 Å². The monoisotopic (exact) mass is 216 g/mol. The third-order valence-electron chi connectivity index (χ3n) is 2.74. The van der Waals surface area contributed by atoms with Crippen molar-refractivity contribution in [3.63, 3.8) is 0 Å². The largest absolute Gasteiger partial charge is 0.506 e. The predicted molar refractivity (Wildman–Crippen MR) is 65.7 cm³/mol. The van der Waals surface area contributed by atoms with Crippen molar-refractivity contribution in [1.82, 2.24) is 4.98 Å². The summed E-state index contributed by atoms with van der Waals surface area (Å²) >= 11 is 0. The molecule has 0 saturated carbocycles. The molecule has 0 spiro atoms. The highest BCUT2D eigenvalue weighted by molar-refractivity contribution is 5.77. The van der Waals surface area contributed by atoms with E-state index in [2.05, 4.69) is 16.9 Å². The minimum absolute atomic E-state index is 0.222. The van der Waals surface area contributed by atoms with E-state index in [4.69, 9.17) is 0 Å². The van der Waals surface area contributed by atoms with E-state index in [0.717, 1.165) is 36.2 Å². The second kappa shape index (κ2) is 4.47. The van der Waals surface area contributed by atoms with Crippen LogP contribution in [0, 0.1) is 6.92 Å². The lowest BCUT2D eigenvalue weighted by molar-refractivity contribution is 0.469. The van der Waals surface area contributed by atoms with Crippen LogP contribution in [0.4, 0.5) is 0 Å². The van der Waals surface area contributed by atoms with Gasteiger partial charge in [0.25, 0.3) is 0 Å². The molecule has 0 fully saturated rings. The lowest BCUT2D eigenvalue weighted by Crippen LogP contribution is -1.99. The molecule has 0 radical (unpaired) electrons. The Morgan fingerprint density at radius 1 is 1.38 bits per heavy atom. The molecule has 0 atom stereocenters. The molecule has 0 unspecified atom stereocenters. The van der Waals surface area contributed by atoms with Crippen LogP contribution >= 0.6 is 0 Å². The molecule has 3 heteroatoms. The Labute approximate surface area is 95.6 Å². The van der Waals surface area contributed by atoms with Gasteiger partial charge in [0.15, 0.2) is 0 Å². The maximum atomic E-state index is 9.89. The summed E-state index contributed by atoms with van der Waals surface area (Å²) < 4.78 is 0. The van der Waals surface area contributed by atoms with E-state index in [1.165, 1.54) is 0 Å². The molecule has 1 N–H and O–H groups in total. The maximum Gasteiger partial charge on any atom is 0.143 e. The third kappa shape index (κ3) is 1.98. The van der Waals surface area contributed by atoms with Crippen LogP contribution in [0.1, 0.15) is 36.7 Å². The number of pyridine rings is 1. The van der Waals surface area contributed by atoms with Gasteiger partial charge in [0, 0.05) is 11.9 Å². The normalized spacial score (nSPS) is 15.0. The molecule has 1 aromatic rings. The summed E-state index contributed by atoms with van der Waals surface area (Å²) in [5, 5.41) is 9.89. The zero-order valence-corrected chi connectivity index (χ0v) is 9.70. The fraction of sp³-hybridized carbons (Fsp3) is 0.385. The number of hydrogen-bond acceptors (Lipinski definition) is 3. The Morgan fingerprint density at radius 3 is 2.81 bits per heavy atom. The predicted octanol–water partition coefficient (Wildman–Crippen LogP) is 2.86. The maximum absolute atomic E-state index is 9.89. The van der Waals surface area contributed by atoms with Crippen molar-refractivity contribution in [3.8, 4) is 5.75 Å². The van der Waals surface area contributed by atoms with Gasteiger partial charge in [-0.25, -0.2) is 4.98 Å². The first-order valence-electron chi connectivity index (χ1n) is 5.65. The summed E-state index contributed by atoms with van der Waals surface area (Å²) in [6.07, 6.45) is 6.71. The zero-order chi connectivity index (χ0) is 11.5. The quantitative estimate of drug-likeness (QED) is 0.826. The standard InChI is InChI=1S/C13H16N2O/c1-3-10-9(2)8-12(16)13(15-10)11-6-4-5-7-14-11/h6-8,16H,3-5H2,1-2H3. The molecule has 1 aliphatic rings. The molecule has 1 aliphatic heterocycles. The molecular formula is C13H16N2O. The molecule has 84 valence electrons. The second-order valence-electron chi connectivity index (χ2n) is 3.95. The zero-order valence-electron chi connectivity index (χ0n) is 9.70. The number of aromatic nitrogens is 1. The molecule has 0 saturated heterocycles. The van der Waals surface area contributed by atoms with Crippen LogP contribution in [0.2, 0.25) is 0 Å². The molecule has 0 bridgehead atoms. The van der Waals surface area contributed by atoms with Gasteiger partial charge in [-0.05, 0) is 37.8 Å². The van der Waals surface area contributed by atoms with E-state index in [9.17, 15) is 5.11 Å². The lowest BCUT2D eigenvalue weighted by atomic mass is 10.1. The summed E-state index contributed by atoms with van der Waals surface area (Å²) in [5.41, 5.74) is 3.45. The number of allylic oxidation sites excluding steroid dienone is 1. The van der Waals surface area contributed by atoms with Crippen LogP contribution in [0.15, 0.2) is 17.1 Å². The van der Waals surface area contributed by atoms with Crippen molar-refractivity contribution < 1.29 is 5.11 Å². The highest BCUT2D eigenvalue weighted by atomic mass is 16.3. The van der Waals surface area contributed by atoms with Crippen LogP contribution in [-0.2, 0) is 6.42 Å². The van der Waals surface area contributed by atoms with Crippen molar-refractivity contribution >= 4 is 11.9 Å². The van der Waals surface area contributed by atoms with Crippen LogP contribution < -0.4 is 0 Å². The van der Waals surface area contributed by atoms with E-state index < -0.39 is 0 Å². The van der Waals surface area contributed by atoms with Gasteiger partial charge in [0.05, 0.1) is 5.70 Å². The Morgan fingerprint density at radius 2 is 2.19 bits per heavy atom. The molecule has 1 aromatic heterocycles. The number of hydrogen-bond donors (Lipinski definition) is 1. The van der Waals surface area contributed by atoms with Crippen LogP contribution in [0.3, 0.4) is 0 Å². The van der Waals surface area contributed by atoms with Gasteiger partial charge in [-0.1, -0.05) is 13.0 Å². The Bertz CT molecular complexity index is 461. The van der Waals surface area contributed by atoms with Gasteiger partial charge >= 0.3 is 0 Å². The number of aromatic hydroxyl groups is 1. The van der Waals surface area contributed by atoms with Crippen LogP contribution in [0.25, 0.3) is 5.70 Å². The fourth-order valence-electron chi connectivity index (χ4n) is 1.85. The summed E-state index contributed by atoms with van der Waals surface area (Å²) in [6, 6.07) is 1.77. The van der Waals surface area contributed by atoms with Crippen molar-refractivity contribution in [2.24, 2.45) is 4.99 Å². The number of nitrogens with zero attached hydrogens (tertiary/aromatic N) is 2. The Kier molecular flexibility index (Phi) is 3.04. The number of aryl methyl sites for hydroxylation is 2. The summed E-state index contributed by atoms with van der Waals surface area (Å²) in [6.45, 7) is 4.03. The third-order valence-corrected chi connectivity index (χ3v) is 2.74. The van der Waals surface area contributed by atoms with Gasteiger partial charge < -0.3 is 5.11 Å². The Balaban J connectivity index is 2.48. The summed E-state index contributed by atoms with van der Waals surface area (Å²) in [4.78, 5) is 8.76. The first-order valence-corrected chi connectivity index (χ1v) is 5.65. The van der Waals surface area contributed by atoms with Crippen molar-refractivity contribution in [2.75, 3.05) is 0 Å². The Hall–Kier alpha value is -1.64. The van der Waals surface area contributed by atoms with Gasteiger partial charge in [-0.3, -0.25) is 4.99 Å². The van der Waals surface area contributed by atoms with E-state index in [-0.39, 0.29) is 5.75 Å². The van der Waals surface area contributed by atoms with E-state index >= 15 is 0 Å². The van der Waals surface area contributed by atoms with E-state index in [1.54, 1.807) is 6.07 Å². The van der Waals surface area contributed by atoms with Gasteiger partial charge in [-0.2, -0.15) is 0 Å². The molecule has 3 nitrogen and oxygen atoms in total. The number of aliphatic imine (C=N–C) groups is 1. The van der Waals surface area contributed by atoms with Gasteiger partial charge in [0.2, 0.25) is 0 Å². The molecule has 0 aliphatic carbocycles. The minimum atomic E-state index is 0.222. The summed E-state index contributed by atoms with van der Waals surface area (Å²) in [5.74, 6) is 0.222. The number of rotatable bonds is 2. The van der Waals surface area contributed by atoms with E-state index in [1.807, 2.05) is 19.2 Å². The smallest absolute Gasteiger partial charge is 0.143 e. The molecule has 16 heavy (non-hydrogen) atoms. The average molecular weight is 216 g/mol. The molecule has 0 amide bonds. The SMILES string of the molecule is CCc1nc(C2=CCCC=N2)c(O)cc1C. The lowest BCUT2D eigenvalue weighted by Gasteiger charge is -2.11. The topological polar surface area (TPSA) is 45.5 Å². The van der Waals surface area contributed by atoms with Crippen molar-refractivity contribution in [1.29, 1.82) is 0 Å². The second-order valence-corrected chi connectivity index (χ2v) is 3.95. The first-order chi connectivity index (χ1) is 7.72. The van der Waals surface area contributed by atoms with Crippen LogP contribution in [0.5, 0.6) is 5.75 Å². The average Bonchev–Trinajstić information content (AvgIpc) is 2.30. The van der Waals surface area contributed by atoms with Crippen molar-refractivity contribution in [2.45, 2.75) is 33.1 Å². The molecule has 2 heterocycles. The fourth-order valence-corrected chi connectivity index (χ4v) is 1.85. The van der Waals surface area contributed by atoms with Crippen LogP contribution in [-0.4, -0.2) is 16.3 Å². The van der Waals surface area contributed by atoms with Gasteiger partial charge in [-0.15, -0.1) is 0 Å². The highest BCUT2D eigenvalue weighted by Crippen LogP contribution is 2.28. The minimum Gasteiger partial charge on any atom is -0.506 e. The van der Waals surface area contributed by atoms with Crippen molar-refractivity contribution in [3.05, 3.63) is 29.1 Å². The molecule has 2 rings (SSSR count). The summed E-state index contributed by atoms with van der Waals surface area (Å²) in [7, 11) is 0. The highest BCUT2D eigenvalue weighted by Gasteiger charge is 2.12.